The summed E-state index contributed by atoms with van der Waals surface area (Å²) in [6.45, 7) is 4.83. The molecule has 2 atom stereocenters. The highest BCUT2D eigenvalue weighted by Gasteiger charge is 2.31. The van der Waals surface area contributed by atoms with Gasteiger partial charge in [0.05, 0.1) is 0 Å². The molecule has 0 spiro atoms. The van der Waals surface area contributed by atoms with Gasteiger partial charge in [0.2, 0.25) is 0 Å². The molecule has 1 fully saturated rings. The normalized spacial score (nSPS) is 29.2. The van der Waals surface area contributed by atoms with Crippen molar-refractivity contribution in [1.29, 1.82) is 0 Å². The fourth-order valence-corrected chi connectivity index (χ4v) is 4.49. The molecular weight excluding hydrogens is 298 g/mol. The van der Waals surface area contributed by atoms with E-state index in [-0.39, 0.29) is 0 Å². The molecule has 2 unspecified atom stereocenters. The van der Waals surface area contributed by atoms with Gasteiger partial charge in [-0.3, -0.25) is 0 Å². The van der Waals surface area contributed by atoms with E-state index in [1.807, 2.05) is 0 Å². The van der Waals surface area contributed by atoms with Crippen molar-refractivity contribution in [3.63, 3.8) is 0 Å². The fourth-order valence-electron chi connectivity index (χ4n) is 3.91. The van der Waals surface area contributed by atoms with E-state index < -0.39 is 0 Å². The van der Waals surface area contributed by atoms with Crippen LogP contribution in [0.3, 0.4) is 0 Å². The van der Waals surface area contributed by atoms with Gasteiger partial charge in [0.15, 0.2) is 0 Å². The summed E-state index contributed by atoms with van der Waals surface area (Å²) in [6.07, 6.45) is 7.91. The van der Waals surface area contributed by atoms with Crippen LogP contribution in [0.2, 0.25) is 0 Å². The van der Waals surface area contributed by atoms with Crippen LogP contribution in [-0.2, 0) is 6.42 Å². The van der Waals surface area contributed by atoms with Crippen LogP contribution in [0.4, 0.5) is 0 Å². The molecule has 0 aromatic heterocycles. The molecular formula is C17H24BrN. The maximum absolute atomic E-state index is 3.94. The summed E-state index contributed by atoms with van der Waals surface area (Å²) in [5, 5.41) is 3.94. The summed E-state index contributed by atoms with van der Waals surface area (Å²) in [7, 11) is 0. The Morgan fingerprint density at radius 3 is 2.89 bits per heavy atom. The Hall–Kier alpha value is -0.340. The molecule has 0 aliphatic heterocycles. The van der Waals surface area contributed by atoms with Crippen molar-refractivity contribution in [1.82, 2.24) is 5.32 Å². The topological polar surface area (TPSA) is 12.0 Å². The van der Waals surface area contributed by atoms with E-state index in [2.05, 4.69) is 53.3 Å². The molecule has 2 aliphatic carbocycles. The second kappa shape index (κ2) is 5.21. The van der Waals surface area contributed by atoms with Gasteiger partial charge in [0.25, 0.3) is 0 Å². The van der Waals surface area contributed by atoms with Gasteiger partial charge in [0.1, 0.15) is 0 Å². The van der Waals surface area contributed by atoms with Gasteiger partial charge in [-0.1, -0.05) is 48.3 Å². The Labute approximate surface area is 125 Å². The number of hydrogen-bond acceptors (Lipinski definition) is 1. The molecule has 2 heteroatoms. The minimum atomic E-state index is 0.522. The molecule has 0 heterocycles. The lowest BCUT2D eigenvalue weighted by molar-refractivity contribution is 0.189. The first-order chi connectivity index (χ1) is 9.05. The second-order valence-electron chi connectivity index (χ2n) is 7.02. The Kier molecular flexibility index (Phi) is 3.74. The molecule has 0 amide bonds. The summed E-state index contributed by atoms with van der Waals surface area (Å²) in [5.41, 5.74) is 3.57. The summed E-state index contributed by atoms with van der Waals surface area (Å²) in [4.78, 5) is 0. The SMILES string of the molecule is CC1(C)CCCC(NC2CCc3c(Br)cccc32)C1. The van der Waals surface area contributed by atoms with Gasteiger partial charge in [-0.05, 0) is 54.7 Å². The molecule has 1 aromatic carbocycles. The van der Waals surface area contributed by atoms with Crippen LogP contribution >= 0.6 is 15.9 Å². The minimum Gasteiger partial charge on any atom is -0.307 e. The van der Waals surface area contributed by atoms with E-state index in [1.165, 1.54) is 54.1 Å². The molecule has 2 aliphatic rings. The number of hydrogen-bond donors (Lipinski definition) is 1. The number of nitrogens with one attached hydrogen (secondary N) is 1. The molecule has 0 saturated heterocycles. The van der Waals surface area contributed by atoms with Crippen molar-refractivity contribution < 1.29 is 0 Å². The third-order valence-electron chi connectivity index (χ3n) is 4.86. The van der Waals surface area contributed by atoms with Crippen molar-refractivity contribution in [3.8, 4) is 0 Å². The average Bonchev–Trinajstić information content (AvgIpc) is 2.73. The highest BCUT2D eigenvalue weighted by Crippen LogP contribution is 2.39. The lowest BCUT2D eigenvalue weighted by Gasteiger charge is -2.37. The Morgan fingerprint density at radius 2 is 2.11 bits per heavy atom. The molecule has 1 aromatic rings. The van der Waals surface area contributed by atoms with Crippen LogP contribution in [0.15, 0.2) is 22.7 Å². The Morgan fingerprint density at radius 1 is 1.26 bits per heavy atom. The first-order valence-electron chi connectivity index (χ1n) is 7.58. The zero-order chi connectivity index (χ0) is 13.5. The van der Waals surface area contributed by atoms with E-state index in [1.54, 1.807) is 0 Å². The number of halogens is 1. The Balaban J connectivity index is 1.71. The monoisotopic (exact) mass is 321 g/mol. The smallest absolute Gasteiger partial charge is 0.0328 e. The van der Waals surface area contributed by atoms with Gasteiger partial charge in [-0.25, -0.2) is 0 Å². The van der Waals surface area contributed by atoms with Gasteiger partial charge in [-0.15, -0.1) is 0 Å². The van der Waals surface area contributed by atoms with Crippen molar-refractivity contribution in [2.24, 2.45) is 5.41 Å². The number of fused-ring (bicyclic) bond motifs is 1. The first-order valence-corrected chi connectivity index (χ1v) is 8.38. The van der Waals surface area contributed by atoms with Crippen LogP contribution < -0.4 is 5.32 Å². The zero-order valence-corrected chi connectivity index (χ0v) is 13.6. The molecule has 19 heavy (non-hydrogen) atoms. The third kappa shape index (κ3) is 2.90. The summed E-state index contributed by atoms with van der Waals surface area (Å²) in [5.74, 6) is 0. The highest BCUT2D eigenvalue weighted by atomic mass is 79.9. The fraction of sp³-hybridized carbons (Fsp3) is 0.647. The predicted octanol–water partition coefficient (Wildman–Crippen LogP) is 4.99. The molecule has 1 N–H and O–H groups in total. The molecule has 0 radical (unpaired) electrons. The van der Waals surface area contributed by atoms with Gasteiger partial charge >= 0.3 is 0 Å². The molecule has 104 valence electrons. The lowest BCUT2D eigenvalue weighted by Crippen LogP contribution is -2.38. The molecule has 0 bridgehead atoms. The van der Waals surface area contributed by atoms with E-state index >= 15 is 0 Å². The standard InChI is InChI=1S/C17H24BrN/c1-17(2)10-4-5-12(11-17)19-16-9-8-13-14(16)6-3-7-15(13)18/h3,6-7,12,16,19H,4-5,8-11H2,1-2H3. The maximum Gasteiger partial charge on any atom is 0.0328 e. The lowest BCUT2D eigenvalue weighted by atomic mass is 9.75. The average molecular weight is 322 g/mol. The summed E-state index contributed by atoms with van der Waals surface area (Å²) >= 11 is 3.69. The van der Waals surface area contributed by atoms with E-state index in [0.29, 0.717) is 17.5 Å². The number of rotatable bonds is 2. The second-order valence-corrected chi connectivity index (χ2v) is 7.88. The van der Waals surface area contributed by atoms with Crippen LogP contribution in [0, 0.1) is 5.41 Å². The predicted molar refractivity (Wildman–Crippen MR) is 84.4 cm³/mol. The summed E-state index contributed by atoms with van der Waals surface area (Å²) in [6, 6.07) is 7.93. The van der Waals surface area contributed by atoms with Gasteiger partial charge < -0.3 is 5.32 Å². The van der Waals surface area contributed by atoms with Crippen molar-refractivity contribution in [2.75, 3.05) is 0 Å². The van der Waals surface area contributed by atoms with Crippen LogP contribution in [0.25, 0.3) is 0 Å². The third-order valence-corrected chi connectivity index (χ3v) is 5.60. The Bertz CT molecular complexity index is 466. The maximum atomic E-state index is 3.94. The number of benzene rings is 1. The van der Waals surface area contributed by atoms with Crippen LogP contribution in [0.1, 0.15) is 63.1 Å². The van der Waals surface area contributed by atoms with E-state index in [4.69, 9.17) is 0 Å². The molecule has 1 nitrogen and oxygen atoms in total. The van der Waals surface area contributed by atoms with Crippen LogP contribution in [0.5, 0.6) is 0 Å². The van der Waals surface area contributed by atoms with Crippen LogP contribution in [-0.4, -0.2) is 6.04 Å². The van der Waals surface area contributed by atoms with Crippen molar-refractivity contribution in [3.05, 3.63) is 33.8 Å². The zero-order valence-electron chi connectivity index (χ0n) is 12.0. The van der Waals surface area contributed by atoms with E-state index in [9.17, 15) is 0 Å². The van der Waals surface area contributed by atoms with Crippen molar-refractivity contribution in [2.45, 2.75) is 64.5 Å². The molecule has 3 rings (SSSR count). The van der Waals surface area contributed by atoms with E-state index in [0.717, 1.165) is 0 Å². The first kappa shape index (κ1) is 13.6. The van der Waals surface area contributed by atoms with Gasteiger partial charge in [0, 0.05) is 16.6 Å². The molecule has 1 saturated carbocycles. The van der Waals surface area contributed by atoms with Gasteiger partial charge in [-0.2, -0.15) is 0 Å². The highest BCUT2D eigenvalue weighted by molar-refractivity contribution is 9.10. The van der Waals surface area contributed by atoms with Crippen molar-refractivity contribution >= 4 is 15.9 Å². The minimum absolute atomic E-state index is 0.522. The quantitative estimate of drug-likeness (QED) is 0.808. The largest absolute Gasteiger partial charge is 0.307 e. The summed E-state index contributed by atoms with van der Waals surface area (Å²) < 4.78 is 1.29.